The van der Waals surface area contributed by atoms with E-state index in [-0.39, 0.29) is 195 Å². The molecule has 1 saturated carbocycles. The molecule has 0 spiro atoms. The molecule has 0 N–H and O–H groups in total. The smallest absolute Gasteiger partial charge is 0.0798 e. The van der Waals surface area contributed by atoms with Gasteiger partial charge in [-0.25, -0.2) is 0 Å². The molecule has 17 rings (SSSR count). The molecule has 1 aliphatic rings. The molecule has 0 aliphatic heterocycles. The van der Waals surface area contributed by atoms with Crippen molar-refractivity contribution in [1.29, 1.82) is 0 Å². The number of benzene rings is 8. The molecule has 8 nitrogen and oxygen atoms in total. The molecule has 20 heteroatoms. The number of aromatic nitrogens is 8. The number of hydrogen-bond acceptors (Lipinski definition) is 8. The second-order valence-electron chi connectivity index (χ2n) is 46.3. The normalized spacial score (nSPS) is 13.8. The third-order valence-electron chi connectivity index (χ3n) is 24.5. The molecule has 1 fully saturated rings. The fourth-order valence-corrected chi connectivity index (χ4v) is 26.8. The predicted octanol–water partition coefficient (Wildman–Crippen LogP) is 30.1. The van der Waals surface area contributed by atoms with E-state index in [0.717, 1.165) is 51.7 Å². The van der Waals surface area contributed by atoms with Crippen LogP contribution in [0.2, 0.25) is 157 Å². The van der Waals surface area contributed by atoms with Crippen molar-refractivity contribution >= 4 is 106 Å². The summed E-state index contributed by atoms with van der Waals surface area (Å²) >= 11 is 0. The van der Waals surface area contributed by atoms with E-state index < -0.39 is 64.6 Å². The minimum Gasteiger partial charge on any atom is -0.305 e. The summed E-state index contributed by atoms with van der Waals surface area (Å²) in [6.07, 6.45) is 28.6. The molecule has 0 amide bonds. The Balaban J connectivity index is 0.000000288. The molecule has 0 unspecified atom stereocenters. The molecular weight excluding hydrogens is 2660 g/mol. The molecule has 0 saturated heterocycles. The van der Waals surface area contributed by atoms with Gasteiger partial charge in [-0.2, -0.15) is 0 Å². The summed E-state index contributed by atoms with van der Waals surface area (Å²) in [7, 11) is -11.1. The zero-order valence-electron chi connectivity index (χ0n) is 111. The average Bonchev–Trinajstić information content (AvgIpc) is 0.812. The summed E-state index contributed by atoms with van der Waals surface area (Å²) in [5.74, 6) is 0.869. The van der Waals surface area contributed by atoms with Gasteiger partial charge in [0.1, 0.15) is 0 Å². The molecule has 792 valence electrons. The first-order valence-electron chi connectivity index (χ1n) is 59.6. The molecule has 8 aromatic heterocycles. The van der Waals surface area contributed by atoms with Gasteiger partial charge in [0.2, 0.25) is 0 Å². The van der Waals surface area contributed by atoms with Gasteiger partial charge < -0.3 is 39.9 Å². The molecular formula is C129H160Ir4N8Si8-8. The van der Waals surface area contributed by atoms with Crippen LogP contribution in [-0.2, 0) is 99.7 Å². The van der Waals surface area contributed by atoms with Crippen LogP contribution >= 0.6 is 0 Å². The zero-order valence-corrected chi connectivity index (χ0v) is 110. The fraction of sp³-hybridized carbons (Fsp3) is 0.318. The van der Waals surface area contributed by atoms with E-state index in [9.17, 15) is 0 Å². The maximum Gasteiger partial charge on any atom is 0.0798 e. The van der Waals surface area contributed by atoms with Gasteiger partial charge in [-0.1, -0.05) is 318 Å². The van der Waals surface area contributed by atoms with Crippen molar-refractivity contribution in [3.63, 3.8) is 0 Å². The van der Waals surface area contributed by atoms with Crippen molar-refractivity contribution in [2.75, 3.05) is 0 Å². The van der Waals surface area contributed by atoms with E-state index in [1.165, 1.54) is 117 Å². The number of nitrogens with zero attached hydrogens (tertiary/aromatic N) is 8. The summed E-state index contributed by atoms with van der Waals surface area (Å²) in [5, 5.41) is 10.7. The average molecular weight is 2830 g/mol. The Morgan fingerprint density at radius 3 is 0.866 bits per heavy atom. The van der Waals surface area contributed by atoms with E-state index in [2.05, 4.69) is 336 Å². The molecule has 149 heavy (non-hydrogen) atoms. The Labute approximate surface area is 986 Å². The van der Waals surface area contributed by atoms with Crippen LogP contribution in [0.3, 0.4) is 0 Å². The maximum absolute atomic E-state index is 7.96. The van der Waals surface area contributed by atoms with Crippen molar-refractivity contribution in [2.45, 2.75) is 256 Å². The first-order valence-corrected chi connectivity index (χ1v) is 78.6. The van der Waals surface area contributed by atoms with Crippen molar-refractivity contribution in [3.8, 4) is 90.1 Å². The first-order chi connectivity index (χ1) is 75.9. The summed E-state index contributed by atoms with van der Waals surface area (Å²) in [5.41, 5.74) is 17.5. The summed E-state index contributed by atoms with van der Waals surface area (Å²) in [4.78, 5) is 36.1. The SMILES string of the molecule is CC(C)(C)Cc1cc(-c2[c-]cccc2)ncc1[Si](C)(C)C.CCCCc1cc(-c2[c-]cccc2)ncc1[Si](C)(C)C.C[Si](C)(C)c1cnc(-c2[c-]cccc2)cc1CC1CCCCC1.[2H]c1[c-]c(-c2cc(C)c([Si](C)(C)C)cn2)c([2H])c([2H])c1[2H].[2H]c1[c-]c(-c2ccc([Si](C)(C)C)cn2)c([2H])c([2H])c1[2H].[2H]c1[c-]c(-c2ccc([Si](C)(C)C)cn2)c([2H])c([2H])c1[2H].[2H]c1[c-]c(-c2ccc([Si](C)(C)C)cn2)cc([2H])c1[2H].[2H]c1[c-]c(-c2ccc([Si](C)(C)C)cn2)cc([2H])c1[2H].[Ir].[Ir].[Ir].[Ir]. The largest absolute Gasteiger partial charge is 0.305 e. The molecule has 1 aliphatic carbocycles. The van der Waals surface area contributed by atoms with Gasteiger partial charge in [-0.3, -0.25) is 0 Å². The number of hydrogen-bond donors (Lipinski definition) is 0. The Morgan fingerprint density at radius 2 is 0.570 bits per heavy atom. The van der Waals surface area contributed by atoms with E-state index in [1.54, 1.807) is 35.3 Å². The van der Waals surface area contributed by atoms with Gasteiger partial charge in [0, 0.05) is 144 Å². The summed E-state index contributed by atoms with van der Waals surface area (Å²) in [6.45, 7) is 66.5. The topological polar surface area (TPSA) is 103 Å². The van der Waals surface area contributed by atoms with Crippen LogP contribution < -0.4 is 41.5 Å². The molecule has 0 atom stereocenters. The standard InChI is InChI=1S/C21H28NSi.C19H26NSi.C18H24NSi.C15H18NSi.4C14H16NSi.4Ir/c1-23(2,3)21-16-22-20(18-12-8-5-9-13-18)15-19(21)14-17-10-6-4-7-11-17;1-19(2,3)13-16-12-17(15-10-8-7-9-11-15)20-14-18(16)21(4,5)6;1-5-6-10-16-13-17(15-11-8-7-9-12-15)19-14-18(16)20(2,3)4;1-12-10-14(13-8-6-5-7-9-13)16-11-15(12)17(2,3)4;4*1-16(2,3)13-9-10-14(15-11-13)12-7-5-4-6-8-12;;;;/h5,8-9,12,15-17H,4,6-7,10-11,14H2,1-3H3;7-10,12,14H,13H2,1-6H3;7-9,11,13-14H,5-6,10H2,1-4H3;5-8,10-11H,1-4H3;4*4-7,9-11H,1-3H3;;;;/q8*-1;;;;/i;;;5D,6D,7D,8D;2*4D,5D,6D,7D;2*4D,5D,6D;;;;. The van der Waals surface area contributed by atoms with Gasteiger partial charge in [0.05, 0.1) is 64.6 Å². The monoisotopic (exact) mass is 2840 g/mol. The number of rotatable bonds is 22. The second-order valence-corrected chi connectivity index (χ2v) is 86.8. The summed E-state index contributed by atoms with van der Waals surface area (Å²) in [6, 6.07) is 72.7. The van der Waals surface area contributed by atoms with Crippen LogP contribution in [0.15, 0.2) is 316 Å². The number of pyridine rings is 8. The van der Waals surface area contributed by atoms with Gasteiger partial charge in [-0.15, -0.1) is 287 Å². The van der Waals surface area contributed by atoms with Gasteiger partial charge in [-0.05, 0) is 142 Å². The van der Waals surface area contributed by atoms with Crippen molar-refractivity contribution in [2.24, 2.45) is 11.3 Å². The quantitative estimate of drug-likeness (QED) is 0.0488. The van der Waals surface area contributed by atoms with E-state index in [0.29, 0.717) is 56.3 Å². The molecule has 8 aromatic carbocycles. The van der Waals surface area contributed by atoms with E-state index in [4.69, 9.17) is 34.6 Å². The maximum atomic E-state index is 7.96. The Morgan fingerprint density at radius 1 is 0.289 bits per heavy atom. The molecule has 4 radical (unpaired) electrons. The Kier molecular flexibility index (Phi) is 41.3. The molecule has 8 heterocycles. The Hall–Kier alpha value is -8.71. The van der Waals surface area contributed by atoms with Crippen LogP contribution in [0, 0.1) is 66.8 Å². The van der Waals surface area contributed by atoms with Gasteiger partial charge in [0.15, 0.2) is 0 Å². The van der Waals surface area contributed by atoms with Crippen molar-refractivity contribution in [3.05, 3.63) is 387 Å². The summed E-state index contributed by atoms with van der Waals surface area (Å²) < 4.78 is 138. The van der Waals surface area contributed by atoms with Crippen molar-refractivity contribution < 1.29 is 105 Å². The third-order valence-corrected chi connectivity index (χ3v) is 40.9. The third kappa shape index (κ3) is 42.6. The van der Waals surface area contributed by atoms with Crippen LogP contribution in [-0.4, -0.2) is 104 Å². The predicted molar refractivity (Wildman–Crippen MR) is 649 cm³/mol. The number of aryl methyl sites for hydroxylation is 2. The number of unbranched alkanes of at least 4 members (excludes halogenated alkanes) is 1. The zero-order chi connectivity index (χ0) is 121. The minimum absolute atomic E-state index is 0. The van der Waals surface area contributed by atoms with Crippen LogP contribution in [0.5, 0.6) is 0 Å². The molecule has 0 bridgehead atoms. The van der Waals surface area contributed by atoms with E-state index in [1.807, 2.05) is 104 Å². The van der Waals surface area contributed by atoms with Gasteiger partial charge >= 0.3 is 0 Å². The molecule has 16 aromatic rings. The first kappa shape index (κ1) is 102. The minimum atomic E-state index is -1.47. The van der Waals surface area contributed by atoms with Crippen LogP contribution in [0.25, 0.3) is 90.1 Å². The Bertz CT molecular complexity index is 7510. The second kappa shape index (κ2) is 60.2. The van der Waals surface area contributed by atoms with Crippen LogP contribution in [0.4, 0.5) is 0 Å². The van der Waals surface area contributed by atoms with E-state index >= 15 is 0 Å². The van der Waals surface area contributed by atoms with Crippen LogP contribution in [0.1, 0.15) is 120 Å². The fourth-order valence-electron chi connectivity index (χ4n) is 16.2. The van der Waals surface area contributed by atoms with Gasteiger partial charge in [0.25, 0.3) is 0 Å². The van der Waals surface area contributed by atoms with Crippen molar-refractivity contribution in [1.82, 2.24) is 39.9 Å².